The number of amides is 1. The molecule has 2 unspecified atom stereocenters. The van der Waals surface area contributed by atoms with E-state index >= 15 is 0 Å². The molecule has 2 aliphatic heterocycles. The van der Waals surface area contributed by atoms with Crippen LogP contribution in [0.5, 0.6) is 0 Å². The molecule has 0 aromatic heterocycles. The first-order valence-electron chi connectivity index (χ1n) is 6.96. The highest BCUT2D eigenvalue weighted by atomic mass is 35.5. The molecule has 1 amide bonds. The summed E-state index contributed by atoms with van der Waals surface area (Å²) in [4.78, 5) is 13.9. The minimum Gasteiger partial charge on any atom is -0.388 e. The van der Waals surface area contributed by atoms with Gasteiger partial charge in [-0.2, -0.15) is 0 Å². The lowest BCUT2D eigenvalue weighted by atomic mass is 9.81. The van der Waals surface area contributed by atoms with Crippen molar-refractivity contribution >= 4 is 23.2 Å². The third kappa shape index (κ3) is 1.98. The van der Waals surface area contributed by atoms with Crippen LogP contribution < -0.4 is 5.32 Å². The van der Waals surface area contributed by atoms with Crippen molar-refractivity contribution < 1.29 is 9.90 Å². The molecule has 2 N–H and O–H groups in total. The highest BCUT2D eigenvalue weighted by molar-refractivity contribution is 6.33. The lowest BCUT2D eigenvalue weighted by molar-refractivity contribution is -0.133. The van der Waals surface area contributed by atoms with Gasteiger partial charge in [-0.05, 0) is 26.3 Å². The number of anilines is 1. The van der Waals surface area contributed by atoms with E-state index < -0.39 is 11.6 Å². The van der Waals surface area contributed by atoms with Gasteiger partial charge in [-0.1, -0.05) is 23.7 Å². The molecular weight excluding hydrogens is 276 g/mol. The number of aliphatic hydroxyl groups is 1. The van der Waals surface area contributed by atoms with Crippen LogP contribution in [0.25, 0.3) is 0 Å². The maximum absolute atomic E-state index is 12.1. The van der Waals surface area contributed by atoms with Crippen molar-refractivity contribution in [2.75, 3.05) is 11.9 Å². The van der Waals surface area contributed by atoms with Crippen LogP contribution in [0.4, 0.5) is 5.69 Å². The molecule has 1 aromatic carbocycles. The lowest BCUT2D eigenvalue weighted by Gasteiger charge is -2.46. The van der Waals surface area contributed by atoms with Crippen molar-refractivity contribution in [3.63, 3.8) is 0 Å². The standard InChI is InChI=1S/C15H19ClN2O2/c1-15(2)14(20)13(18-8-4-7-11(18)19)9-5-3-6-10(16)12(9)17-15/h3,5-6,13-14,17,20H,4,7-8H2,1-2H3. The maximum Gasteiger partial charge on any atom is 0.223 e. The highest BCUT2D eigenvalue weighted by Gasteiger charge is 2.46. The van der Waals surface area contributed by atoms with Gasteiger partial charge in [-0.3, -0.25) is 4.79 Å². The van der Waals surface area contributed by atoms with Crippen LogP contribution in [0, 0.1) is 0 Å². The number of benzene rings is 1. The second kappa shape index (κ2) is 4.64. The molecule has 2 aliphatic rings. The van der Waals surface area contributed by atoms with Crippen molar-refractivity contribution in [3.05, 3.63) is 28.8 Å². The lowest BCUT2D eigenvalue weighted by Crippen LogP contribution is -2.55. The van der Waals surface area contributed by atoms with E-state index in [0.717, 1.165) is 17.7 Å². The van der Waals surface area contributed by atoms with Crippen LogP contribution in [-0.2, 0) is 4.79 Å². The SMILES string of the molecule is CC1(C)Nc2c(Cl)cccc2C(N2CCCC2=O)C1O. The molecule has 1 aromatic rings. The molecule has 4 nitrogen and oxygen atoms in total. The fourth-order valence-corrected chi connectivity index (χ4v) is 3.41. The number of halogens is 1. The van der Waals surface area contributed by atoms with Crippen molar-refractivity contribution in [1.29, 1.82) is 0 Å². The van der Waals surface area contributed by atoms with E-state index in [1.54, 1.807) is 4.90 Å². The molecule has 0 aliphatic carbocycles. The van der Waals surface area contributed by atoms with Gasteiger partial charge in [0.2, 0.25) is 5.91 Å². The number of fused-ring (bicyclic) bond motifs is 1. The number of para-hydroxylation sites is 1. The normalized spacial score (nSPS) is 28.2. The van der Waals surface area contributed by atoms with Crippen LogP contribution in [-0.4, -0.2) is 34.1 Å². The first-order valence-corrected chi connectivity index (χ1v) is 7.34. The number of likely N-dealkylation sites (tertiary alicyclic amines) is 1. The number of carbonyl (C=O) groups excluding carboxylic acids is 1. The van der Waals surface area contributed by atoms with E-state index in [1.165, 1.54) is 0 Å². The summed E-state index contributed by atoms with van der Waals surface area (Å²) in [5, 5.41) is 14.6. The minimum atomic E-state index is -0.671. The summed E-state index contributed by atoms with van der Waals surface area (Å²) in [5.41, 5.74) is 1.19. The Hall–Kier alpha value is -1.26. The predicted octanol–water partition coefficient (Wildman–Crippen LogP) is 2.57. The van der Waals surface area contributed by atoms with E-state index in [0.29, 0.717) is 18.0 Å². The number of nitrogens with zero attached hydrogens (tertiary/aromatic N) is 1. The average Bonchev–Trinajstić information content (AvgIpc) is 2.79. The molecule has 3 rings (SSSR count). The molecule has 2 atom stereocenters. The monoisotopic (exact) mass is 294 g/mol. The number of nitrogens with one attached hydrogen (secondary N) is 1. The van der Waals surface area contributed by atoms with Gasteiger partial charge in [0.15, 0.2) is 0 Å². The molecule has 0 saturated carbocycles. The third-order valence-corrected chi connectivity index (χ3v) is 4.61. The van der Waals surface area contributed by atoms with Crippen molar-refractivity contribution in [1.82, 2.24) is 4.90 Å². The summed E-state index contributed by atoms with van der Waals surface area (Å²) in [5.74, 6) is 0.109. The van der Waals surface area contributed by atoms with Gasteiger partial charge in [0.1, 0.15) is 6.10 Å². The second-order valence-electron chi connectivity index (χ2n) is 6.13. The number of hydrogen-bond acceptors (Lipinski definition) is 3. The zero-order valence-corrected chi connectivity index (χ0v) is 12.4. The van der Waals surface area contributed by atoms with Crippen LogP contribution >= 0.6 is 11.6 Å². The first kappa shape index (κ1) is 13.7. The molecule has 20 heavy (non-hydrogen) atoms. The largest absolute Gasteiger partial charge is 0.388 e. The molecule has 0 radical (unpaired) electrons. The molecule has 0 bridgehead atoms. The Kier molecular flexibility index (Phi) is 3.18. The zero-order valence-electron chi connectivity index (χ0n) is 11.7. The van der Waals surface area contributed by atoms with Gasteiger partial charge in [0.25, 0.3) is 0 Å². The van der Waals surface area contributed by atoms with E-state index in [-0.39, 0.29) is 11.9 Å². The Balaban J connectivity index is 2.12. The quantitative estimate of drug-likeness (QED) is 0.837. The van der Waals surface area contributed by atoms with E-state index in [9.17, 15) is 9.90 Å². The Morgan fingerprint density at radius 2 is 2.20 bits per heavy atom. The summed E-state index contributed by atoms with van der Waals surface area (Å²) in [7, 11) is 0. The first-order chi connectivity index (χ1) is 9.42. The fourth-order valence-electron chi connectivity index (χ4n) is 3.18. The molecule has 5 heteroatoms. The van der Waals surface area contributed by atoms with Gasteiger partial charge in [0.05, 0.1) is 22.3 Å². The summed E-state index contributed by atoms with van der Waals surface area (Å²) in [6.07, 6.45) is 0.745. The fraction of sp³-hybridized carbons (Fsp3) is 0.533. The highest BCUT2D eigenvalue weighted by Crippen LogP contribution is 2.45. The molecule has 1 fully saturated rings. The van der Waals surface area contributed by atoms with Gasteiger partial charge in [0, 0.05) is 18.5 Å². The molecule has 1 saturated heterocycles. The molecule has 2 heterocycles. The number of carbonyl (C=O) groups is 1. The average molecular weight is 295 g/mol. The molecular formula is C15H19ClN2O2. The minimum absolute atomic E-state index is 0.109. The van der Waals surface area contributed by atoms with Gasteiger partial charge < -0.3 is 15.3 Å². The summed E-state index contributed by atoms with van der Waals surface area (Å²) >= 11 is 6.28. The van der Waals surface area contributed by atoms with Gasteiger partial charge >= 0.3 is 0 Å². The Labute approximate surface area is 123 Å². The second-order valence-corrected chi connectivity index (χ2v) is 6.54. The summed E-state index contributed by atoms with van der Waals surface area (Å²) < 4.78 is 0. The smallest absolute Gasteiger partial charge is 0.223 e. The van der Waals surface area contributed by atoms with Crippen LogP contribution in [0.3, 0.4) is 0 Å². The van der Waals surface area contributed by atoms with Crippen molar-refractivity contribution in [2.45, 2.75) is 44.4 Å². The summed E-state index contributed by atoms with van der Waals surface area (Å²) in [6.45, 7) is 4.55. The predicted molar refractivity (Wildman–Crippen MR) is 78.8 cm³/mol. The number of hydrogen-bond donors (Lipinski definition) is 2. The van der Waals surface area contributed by atoms with E-state index in [1.807, 2.05) is 32.0 Å². The van der Waals surface area contributed by atoms with E-state index in [2.05, 4.69) is 5.32 Å². The van der Waals surface area contributed by atoms with Crippen LogP contribution in [0.2, 0.25) is 5.02 Å². The van der Waals surface area contributed by atoms with Gasteiger partial charge in [-0.15, -0.1) is 0 Å². The topological polar surface area (TPSA) is 52.6 Å². The van der Waals surface area contributed by atoms with Crippen LogP contribution in [0.1, 0.15) is 38.3 Å². The van der Waals surface area contributed by atoms with E-state index in [4.69, 9.17) is 11.6 Å². The maximum atomic E-state index is 12.1. The number of aliphatic hydroxyl groups excluding tert-OH is 1. The summed E-state index contributed by atoms with van der Waals surface area (Å²) in [6, 6.07) is 5.30. The molecule has 108 valence electrons. The molecule has 0 spiro atoms. The Morgan fingerprint density at radius 1 is 1.45 bits per heavy atom. The zero-order chi connectivity index (χ0) is 14.5. The van der Waals surface area contributed by atoms with Crippen LogP contribution in [0.15, 0.2) is 18.2 Å². The number of rotatable bonds is 1. The Morgan fingerprint density at radius 3 is 2.85 bits per heavy atom. The van der Waals surface area contributed by atoms with Crippen molar-refractivity contribution in [2.24, 2.45) is 0 Å². The third-order valence-electron chi connectivity index (χ3n) is 4.30. The van der Waals surface area contributed by atoms with Crippen molar-refractivity contribution in [3.8, 4) is 0 Å². The van der Waals surface area contributed by atoms with Gasteiger partial charge in [-0.25, -0.2) is 0 Å². The Bertz CT molecular complexity index is 559.